The van der Waals surface area contributed by atoms with E-state index in [4.69, 9.17) is 5.11 Å². The number of halogens is 2. The molecule has 0 unspecified atom stereocenters. The maximum atomic E-state index is 13.3. The minimum Gasteiger partial charge on any atom is -0.480 e. The molecule has 17 heavy (non-hydrogen) atoms. The number of carboxylic acids is 1. The summed E-state index contributed by atoms with van der Waals surface area (Å²) in [7, 11) is 1.35. The summed E-state index contributed by atoms with van der Waals surface area (Å²) in [6.45, 7) is -0.444. The van der Waals surface area contributed by atoms with Crippen LogP contribution in [0.1, 0.15) is 0 Å². The summed E-state index contributed by atoms with van der Waals surface area (Å²) in [5.74, 6) is -1.77. The van der Waals surface area contributed by atoms with Crippen molar-refractivity contribution >= 4 is 39.9 Å². The molecule has 0 saturated heterocycles. The molecule has 0 amide bonds. The average Bonchev–Trinajstić information content (AvgIpc) is 2.19. The summed E-state index contributed by atoms with van der Waals surface area (Å²) in [4.78, 5) is 21.7. The van der Waals surface area contributed by atoms with Gasteiger partial charge in [-0.1, -0.05) is 0 Å². The van der Waals surface area contributed by atoms with Crippen molar-refractivity contribution in [2.24, 2.45) is 0 Å². The molecule has 1 aromatic carbocycles. The van der Waals surface area contributed by atoms with Crippen molar-refractivity contribution in [2.75, 3.05) is 18.5 Å². The van der Waals surface area contributed by atoms with Gasteiger partial charge in [-0.15, -0.1) is 0 Å². The maximum Gasteiger partial charge on any atom is 0.323 e. The third-order valence-corrected chi connectivity index (χ3v) is 2.82. The molecule has 92 valence electrons. The van der Waals surface area contributed by atoms with E-state index in [1.54, 1.807) is 22.6 Å². The van der Waals surface area contributed by atoms with Crippen LogP contribution in [0.5, 0.6) is 0 Å². The molecule has 6 nitrogen and oxygen atoms in total. The number of anilines is 1. The van der Waals surface area contributed by atoms with Crippen molar-refractivity contribution in [3.8, 4) is 0 Å². The smallest absolute Gasteiger partial charge is 0.323 e. The predicted octanol–water partition coefficient (Wildman–Crippen LogP) is 1.86. The molecule has 1 rings (SSSR count). The average molecular weight is 354 g/mol. The Balaban J connectivity index is 3.25. The maximum absolute atomic E-state index is 13.3. The fraction of sp³-hybridized carbons (Fsp3) is 0.222. The van der Waals surface area contributed by atoms with Crippen molar-refractivity contribution in [3.05, 3.63) is 31.6 Å². The Labute approximate surface area is 109 Å². The topological polar surface area (TPSA) is 83.7 Å². The second-order valence-electron chi connectivity index (χ2n) is 3.26. The van der Waals surface area contributed by atoms with Crippen LogP contribution in [0.2, 0.25) is 0 Å². The molecule has 1 aromatic rings. The molecule has 0 aromatic heterocycles. The molecule has 8 heteroatoms. The zero-order valence-corrected chi connectivity index (χ0v) is 10.8. The third kappa shape index (κ3) is 3.25. The van der Waals surface area contributed by atoms with Crippen molar-refractivity contribution in [1.82, 2.24) is 0 Å². The fourth-order valence-electron chi connectivity index (χ4n) is 1.27. The van der Waals surface area contributed by atoms with Gasteiger partial charge in [0.25, 0.3) is 5.69 Å². The van der Waals surface area contributed by atoms with E-state index in [1.807, 2.05) is 0 Å². The van der Waals surface area contributed by atoms with E-state index in [0.29, 0.717) is 0 Å². The first-order valence-electron chi connectivity index (χ1n) is 4.39. The van der Waals surface area contributed by atoms with Crippen LogP contribution in [0.25, 0.3) is 0 Å². The minimum absolute atomic E-state index is 0.0599. The van der Waals surface area contributed by atoms with E-state index in [1.165, 1.54) is 7.05 Å². The summed E-state index contributed by atoms with van der Waals surface area (Å²) in [6, 6.07) is 2.03. The van der Waals surface area contributed by atoms with E-state index in [0.717, 1.165) is 17.0 Å². The van der Waals surface area contributed by atoms with Crippen molar-refractivity contribution in [2.45, 2.75) is 0 Å². The SMILES string of the molecule is CN(CC(=O)O)c1cc(F)c(I)cc1[N+](=O)[O-]. The van der Waals surface area contributed by atoms with Crippen LogP contribution in [-0.2, 0) is 4.79 Å². The number of likely N-dealkylation sites (N-methyl/N-ethyl adjacent to an activating group) is 1. The van der Waals surface area contributed by atoms with Gasteiger partial charge in [-0.3, -0.25) is 14.9 Å². The van der Waals surface area contributed by atoms with Gasteiger partial charge in [-0.2, -0.15) is 0 Å². The van der Waals surface area contributed by atoms with Crippen molar-refractivity contribution in [3.63, 3.8) is 0 Å². The number of nitro groups is 1. The Morgan fingerprint density at radius 2 is 2.24 bits per heavy atom. The van der Waals surface area contributed by atoms with Gasteiger partial charge in [0.15, 0.2) is 0 Å². The summed E-state index contributed by atoms with van der Waals surface area (Å²) < 4.78 is 13.4. The Morgan fingerprint density at radius 1 is 1.65 bits per heavy atom. The Kier molecular flexibility index (Phi) is 4.21. The molecular formula is C9H8FIN2O4. The number of hydrogen-bond donors (Lipinski definition) is 1. The van der Waals surface area contributed by atoms with Gasteiger partial charge in [0, 0.05) is 19.2 Å². The quantitative estimate of drug-likeness (QED) is 0.507. The summed E-state index contributed by atoms with van der Waals surface area (Å²) in [5.41, 5.74) is -0.380. The monoisotopic (exact) mass is 354 g/mol. The number of hydrogen-bond acceptors (Lipinski definition) is 4. The Morgan fingerprint density at radius 3 is 2.71 bits per heavy atom. The lowest BCUT2D eigenvalue weighted by Gasteiger charge is -2.16. The standard InChI is InChI=1S/C9H8FIN2O4/c1-12(4-9(14)15)7-2-5(10)6(11)3-8(7)13(16)17/h2-3H,4H2,1H3,(H,14,15). The van der Waals surface area contributed by atoms with Gasteiger partial charge in [0.2, 0.25) is 0 Å². The number of carboxylic acid groups (broad SMARTS) is 1. The number of nitro benzene ring substituents is 1. The minimum atomic E-state index is -1.15. The summed E-state index contributed by atoms with van der Waals surface area (Å²) in [5, 5.41) is 19.4. The molecule has 0 fully saturated rings. The van der Waals surface area contributed by atoms with Crippen LogP contribution in [0, 0.1) is 19.5 Å². The highest BCUT2D eigenvalue weighted by molar-refractivity contribution is 14.1. The molecule has 0 aliphatic heterocycles. The third-order valence-electron chi connectivity index (χ3n) is 2.00. The molecule has 0 aliphatic carbocycles. The molecular weight excluding hydrogens is 346 g/mol. The molecule has 0 bridgehead atoms. The molecule has 0 spiro atoms. The van der Waals surface area contributed by atoms with E-state index in [9.17, 15) is 19.3 Å². The normalized spacial score (nSPS) is 10.1. The highest BCUT2D eigenvalue weighted by Crippen LogP contribution is 2.30. The molecule has 0 aliphatic rings. The van der Waals surface area contributed by atoms with Gasteiger partial charge >= 0.3 is 5.97 Å². The van der Waals surface area contributed by atoms with Crippen LogP contribution >= 0.6 is 22.6 Å². The van der Waals surface area contributed by atoms with E-state index in [-0.39, 0.29) is 14.9 Å². The van der Waals surface area contributed by atoms with Gasteiger partial charge in [-0.25, -0.2) is 4.39 Å². The molecule has 0 saturated carbocycles. The Hall–Kier alpha value is -1.45. The lowest BCUT2D eigenvalue weighted by Crippen LogP contribution is -2.26. The Bertz CT molecular complexity index is 480. The van der Waals surface area contributed by atoms with Crippen LogP contribution in [0.4, 0.5) is 15.8 Å². The van der Waals surface area contributed by atoms with Gasteiger partial charge in [0.05, 0.1) is 8.49 Å². The van der Waals surface area contributed by atoms with Crippen LogP contribution in [0.3, 0.4) is 0 Å². The second kappa shape index (κ2) is 5.25. The first-order chi connectivity index (χ1) is 7.82. The zero-order chi connectivity index (χ0) is 13.2. The van der Waals surface area contributed by atoms with Crippen molar-refractivity contribution in [1.29, 1.82) is 0 Å². The van der Waals surface area contributed by atoms with E-state index >= 15 is 0 Å². The lowest BCUT2D eigenvalue weighted by atomic mass is 10.2. The zero-order valence-electron chi connectivity index (χ0n) is 8.68. The molecule has 0 radical (unpaired) electrons. The largest absolute Gasteiger partial charge is 0.480 e. The van der Waals surface area contributed by atoms with Gasteiger partial charge < -0.3 is 10.0 Å². The second-order valence-corrected chi connectivity index (χ2v) is 4.42. The van der Waals surface area contributed by atoms with Crippen LogP contribution in [0.15, 0.2) is 12.1 Å². The fourth-order valence-corrected chi connectivity index (χ4v) is 1.72. The first kappa shape index (κ1) is 13.6. The highest BCUT2D eigenvalue weighted by atomic mass is 127. The number of benzene rings is 1. The summed E-state index contributed by atoms with van der Waals surface area (Å²) in [6.07, 6.45) is 0. The molecule has 1 N–H and O–H groups in total. The van der Waals surface area contributed by atoms with Crippen LogP contribution in [-0.4, -0.2) is 29.6 Å². The number of carbonyl (C=O) groups is 1. The number of rotatable bonds is 4. The molecule has 0 heterocycles. The highest BCUT2D eigenvalue weighted by Gasteiger charge is 2.21. The number of aliphatic carboxylic acids is 1. The number of nitrogens with zero attached hydrogens (tertiary/aromatic N) is 2. The molecule has 0 atom stereocenters. The van der Waals surface area contributed by atoms with E-state index < -0.39 is 23.3 Å². The predicted molar refractivity (Wildman–Crippen MR) is 66.7 cm³/mol. The van der Waals surface area contributed by atoms with Gasteiger partial charge in [0.1, 0.15) is 18.0 Å². The lowest BCUT2D eigenvalue weighted by molar-refractivity contribution is -0.384. The van der Waals surface area contributed by atoms with Gasteiger partial charge in [-0.05, 0) is 22.6 Å². The van der Waals surface area contributed by atoms with Crippen molar-refractivity contribution < 1.29 is 19.2 Å². The van der Waals surface area contributed by atoms with E-state index in [2.05, 4.69) is 0 Å². The van der Waals surface area contributed by atoms with Crippen LogP contribution < -0.4 is 4.90 Å². The first-order valence-corrected chi connectivity index (χ1v) is 5.47. The summed E-state index contributed by atoms with van der Waals surface area (Å²) >= 11 is 1.63.